The summed E-state index contributed by atoms with van der Waals surface area (Å²) in [7, 11) is 0. The molecule has 0 unspecified atom stereocenters. The predicted molar refractivity (Wildman–Crippen MR) is 85.2 cm³/mol. The molecule has 2 aromatic rings. The number of rotatable bonds is 5. The van der Waals surface area contributed by atoms with Gasteiger partial charge in [-0.05, 0) is 24.6 Å². The van der Waals surface area contributed by atoms with Crippen molar-refractivity contribution in [1.82, 2.24) is 9.97 Å². The summed E-state index contributed by atoms with van der Waals surface area (Å²) in [5, 5.41) is 6.42. The van der Waals surface area contributed by atoms with Crippen LogP contribution in [0.2, 0.25) is 10.0 Å². The highest BCUT2D eigenvalue weighted by Gasteiger charge is 2.13. The van der Waals surface area contributed by atoms with Crippen LogP contribution in [-0.4, -0.2) is 22.4 Å². The highest BCUT2D eigenvalue weighted by atomic mass is 35.5. The molecular weight excluding hydrogens is 311 g/mol. The Balaban J connectivity index is 2.17. The van der Waals surface area contributed by atoms with Gasteiger partial charge in [-0.25, -0.2) is 9.97 Å². The quantitative estimate of drug-likeness (QED) is 0.876. The summed E-state index contributed by atoms with van der Waals surface area (Å²) < 4.78 is 0. The van der Waals surface area contributed by atoms with Gasteiger partial charge in [-0.15, -0.1) is 0 Å². The molecule has 0 aliphatic rings. The predicted octanol–water partition coefficient (Wildman–Crippen LogP) is 3.86. The van der Waals surface area contributed by atoms with Crippen molar-refractivity contribution in [1.29, 1.82) is 0 Å². The number of aromatic nitrogens is 2. The summed E-state index contributed by atoms with van der Waals surface area (Å²) in [4.78, 5) is 20.4. The van der Waals surface area contributed by atoms with Gasteiger partial charge in [0.15, 0.2) is 0 Å². The van der Waals surface area contributed by atoms with Gasteiger partial charge in [0.05, 0.1) is 15.7 Å². The van der Waals surface area contributed by atoms with E-state index in [0.717, 1.165) is 13.0 Å². The summed E-state index contributed by atoms with van der Waals surface area (Å²) in [6.07, 6.45) is 2.46. The topological polar surface area (TPSA) is 66.9 Å². The molecule has 1 aromatic heterocycles. The minimum absolute atomic E-state index is 0.236. The van der Waals surface area contributed by atoms with Gasteiger partial charge < -0.3 is 10.6 Å². The number of hydrogen-bond donors (Lipinski definition) is 2. The van der Waals surface area contributed by atoms with Crippen molar-refractivity contribution in [2.24, 2.45) is 0 Å². The van der Waals surface area contributed by atoms with Crippen LogP contribution < -0.4 is 10.6 Å². The Kier molecular flexibility index (Phi) is 5.36. The van der Waals surface area contributed by atoms with E-state index in [9.17, 15) is 4.79 Å². The number of hydrogen-bond acceptors (Lipinski definition) is 4. The molecule has 2 N–H and O–H groups in total. The zero-order valence-corrected chi connectivity index (χ0v) is 12.9. The molecule has 0 aliphatic carbocycles. The maximum Gasteiger partial charge on any atom is 0.274 e. The Labute approximate surface area is 132 Å². The number of carbonyl (C=O) groups excluding carboxylic acids is 1. The molecule has 0 aliphatic heterocycles. The van der Waals surface area contributed by atoms with Crippen LogP contribution in [0.4, 0.5) is 11.6 Å². The second-order valence-electron chi connectivity index (χ2n) is 4.24. The van der Waals surface area contributed by atoms with Gasteiger partial charge in [0, 0.05) is 12.7 Å². The van der Waals surface area contributed by atoms with Crippen molar-refractivity contribution >= 4 is 40.7 Å². The number of amides is 1. The number of para-hydroxylation sites is 1. The van der Waals surface area contributed by atoms with E-state index in [4.69, 9.17) is 23.2 Å². The largest absolute Gasteiger partial charge is 0.354 e. The van der Waals surface area contributed by atoms with Crippen LogP contribution in [0.15, 0.2) is 30.5 Å². The third-order valence-corrected chi connectivity index (χ3v) is 3.25. The molecule has 7 heteroatoms. The Morgan fingerprint density at radius 1 is 1.24 bits per heavy atom. The lowest BCUT2D eigenvalue weighted by molar-refractivity contribution is 0.102. The Morgan fingerprint density at radius 3 is 2.62 bits per heavy atom. The minimum atomic E-state index is -0.396. The monoisotopic (exact) mass is 324 g/mol. The second kappa shape index (κ2) is 7.24. The van der Waals surface area contributed by atoms with Crippen LogP contribution in [0.3, 0.4) is 0 Å². The smallest absolute Gasteiger partial charge is 0.274 e. The summed E-state index contributed by atoms with van der Waals surface area (Å²) in [5.74, 6) is 0.0155. The molecule has 1 aromatic carbocycles. The van der Waals surface area contributed by atoms with Crippen LogP contribution >= 0.6 is 23.2 Å². The van der Waals surface area contributed by atoms with E-state index in [0.29, 0.717) is 21.7 Å². The fourth-order valence-electron chi connectivity index (χ4n) is 1.60. The maximum atomic E-state index is 12.2. The molecular formula is C14H14Cl2N4O. The molecule has 110 valence electrons. The first-order chi connectivity index (χ1) is 10.1. The van der Waals surface area contributed by atoms with Crippen molar-refractivity contribution in [3.8, 4) is 0 Å². The first-order valence-corrected chi connectivity index (χ1v) is 7.19. The first kappa shape index (κ1) is 15.5. The van der Waals surface area contributed by atoms with Crippen molar-refractivity contribution < 1.29 is 4.79 Å². The number of anilines is 2. The van der Waals surface area contributed by atoms with Crippen LogP contribution in [0.25, 0.3) is 0 Å². The molecule has 1 heterocycles. The Morgan fingerprint density at radius 2 is 1.95 bits per heavy atom. The van der Waals surface area contributed by atoms with Crippen molar-refractivity contribution in [2.45, 2.75) is 13.3 Å². The number of halogens is 2. The van der Waals surface area contributed by atoms with E-state index in [1.54, 1.807) is 18.2 Å². The lowest BCUT2D eigenvalue weighted by Gasteiger charge is -2.09. The number of nitrogens with one attached hydrogen (secondary N) is 2. The molecule has 0 fully saturated rings. The van der Waals surface area contributed by atoms with E-state index in [-0.39, 0.29) is 5.69 Å². The molecule has 2 rings (SSSR count). The SMILES string of the molecule is CCCNc1nccc(C(=O)Nc2c(Cl)cccc2Cl)n1. The molecule has 0 bridgehead atoms. The average Bonchev–Trinajstić information content (AvgIpc) is 2.49. The average molecular weight is 325 g/mol. The maximum absolute atomic E-state index is 12.2. The molecule has 0 atom stereocenters. The second-order valence-corrected chi connectivity index (χ2v) is 5.06. The standard InChI is InChI=1S/C14H14Cl2N4O/c1-2-7-17-14-18-8-6-11(19-14)13(21)20-12-9(15)4-3-5-10(12)16/h3-6,8H,2,7H2,1H3,(H,20,21)(H,17,18,19). The van der Waals surface area contributed by atoms with Crippen LogP contribution in [-0.2, 0) is 0 Å². The zero-order chi connectivity index (χ0) is 15.2. The molecule has 0 saturated carbocycles. The van der Waals surface area contributed by atoms with E-state index in [1.807, 2.05) is 6.92 Å². The van der Waals surface area contributed by atoms with Crippen LogP contribution in [0.5, 0.6) is 0 Å². The van der Waals surface area contributed by atoms with Gasteiger partial charge in [0.25, 0.3) is 5.91 Å². The van der Waals surface area contributed by atoms with E-state index >= 15 is 0 Å². The van der Waals surface area contributed by atoms with E-state index in [1.165, 1.54) is 12.3 Å². The van der Waals surface area contributed by atoms with Gasteiger partial charge in [0.2, 0.25) is 5.95 Å². The van der Waals surface area contributed by atoms with E-state index < -0.39 is 5.91 Å². The summed E-state index contributed by atoms with van der Waals surface area (Å²) in [6.45, 7) is 2.77. The highest BCUT2D eigenvalue weighted by molar-refractivity contribution is 6.39. The lowest BCUT2D eigenvalue weighted by Crippen LogP contribution is -2.16. The highest BCUT2D eigenvalue weighted by Crippen LogP contribution is 2.30. The molecule has 5 nitrogen and oxygen atoms in total. The Bertz CT molecular complexity index is 628. The van der Waals surface area contributed by atoms with Crippen molar-refractivity contribution in [3.63, 3.8) is 0 Å². The molecule has 1 amide bonds. The third kappa shape index (κ3) is 4.06. The van der Waals surface area contributed by atoms with Gasteiger partial charge >= 0.3 is 0 Å². The van der Waals surface area contributed by atoms with Crippen LogP contribution in [0, 0.1) is 0 Å². The normalized spacial score (nSPS) is 10.2. The zero-order valence-electron chi connectivity index (χ0n) is 11.4. The van der Waals surface area contributed by atoms with Gasteiger partial charge in [-0.1, -0.05) is 36.2 Å². The summed E-state index contributed by atoms with van der Waals surface area (Å²) >= 11 is 12.0. The lowest BCUT2D eigenvalue weighted by atomic mass is 10.3. The third-order valence-electron chi connectivity index (χ3n) is 2.62. The Hall–Kier alpha value is -1.85. The van der Waals surface area contributed by atoms with Gasteiger partial charge in [-0.3, -0.25) is 4.79 Å². The molecule has 0 spiro atoms. The van der Waals surface area contributed by atoms with Crippen molar-refractivity contribution in [2.75, 3.05) is 17.2 Å². The van der Waals surface area contributed by atoms with E-state index in [2.05, 4.69) is 20.6 Å². The molecule has 21 heavy (non-hydrogen) atoms. The van der Waals surface area contributed by atoms with Crippen LogP contribution in [0.1, 0.15) is 23.8 Å². The number of benzene rings is 1. The van der Waals surface area contributed by atoms with Gasteiger partial charge in [0.1, 0.15) is 5.69 Å². The molecule has 0 saturated heterocycles. The number of carbonyl (C=O) groups is 1. The summed E-state index contributed by atoms with van der Waals surface area (Å²) in [6, 6.07) is 6.53. The fourth-order valence-corrected chi connectivity index (χ4v) is 2.09. The van der Waals surface area contributed by atoms with Gasteiger partial charge in [-0.2, -0.15) is 0 Å². The van der Waals surface area contributed by atoms with Crippen molar-refractivity contribution in [3.05, 3.63) is 46.2 Å². The molecule has 0 radical (unpaired) electrons. The number of nitrogens with zero attached hydrogens (tertiary/aromatic N) is 2. The minimum Gasteiger partial charge on any atom is -0.354 e. The summed E-state index contributed by atoms with van der Waals surface area (Å²) in [5.41, 5.74) is 0.604. The first-order valence-electron chi connectivity index (χ1n) is 6.44. The fraction of sp³-hybridized carbons (Fsp3) is 0.214.